The van der Waals surface area contributed by atoms with Gasteiger partial charge in [0, 0.05) is 19.0 Å². The molecule has 0 aromatic heterocycles. The summed E-state index contributed by atoms with van der Waals surface area (Å²) in [5.41, 5.74) is 17.7. The Balaban J connectivity index is 1.50. The minimum atomic E-state index is -1.08. The summed E-state index contributed by atoms with van der Waals surface area (Å²) in [6.45, 7) is 0.718. The predicted octanol–water partition coefficient (Wildman–Crippen LogP) is 2.04. The Labute approximate surface area is 198 Å². The molecule has 0 saturated carbocycles. The van der Waals surface area contributed by atoms with E-state index in [0.717, 1.165) is 22.3 Å². The van der Waals surface area contributed by atoms with Gasteiger partial charge in [-0.05, 0) is 33.8 Å². The van der Waals surface area contributed by atoms with E-state index in [4.69, 9.17) is 16.4 Å². The number of nitrogens with zero attached hydrogens (tertiary/aromatic N) is 1. The molecule has 2 atom stereocenters. The summed E-state index contributed by atoms with van der Waals surface area (Å²) < 4.78 is 0. The zero-order valence-electron chi connectivity index (χ0n) is 18.7. The molecule has 0 heterocycles. The number of nitrogens with one attached hydrogen (secondary N) is 3. The van der Waals surface area contributed by atoms with E-state index in [-0.39, 0.29) is 11.9 Å². The van der Waals surface area contributed by atoms with Crippen LogP contribution in [0, 0.1) is 0 Å². The lowest BCUT2D eigenvalue weighted by Gasteiger charge is -2.23. The van der Waals surface area contributed by atoms with Crippen LogP contribution in [-0.4, -0.2) is 23.3 Å². The van der Waals surface area contributed by atoms with Crippen LogP contribution < -0.4 is 27.6 Å². The Morgan fingerprint density at radius 2 is 1.59 bits per heavy atom. The summed E-state index contributed by atoms with van der Waals surface area (Å²) in [6.07, 6.45) is -0.504. The Hall–Kier alpha value is -3.92. The van der Waals surface area contributed by atoms with E-state index in [1.54, 1.807) is 0 Å². The van der Waals surface area contributed by atoms with Gasteiger partial charge < -0.3 is 21.9 Å². The quantitative estimate of drug-likeness (QED) is 0.118. The van der Waals surface area contributed by atoms with Crippen molar-refractivity contribution in [2.45, 2.75) is 31.7 Å². The molecule has 9 nitrogen and oxygen atoms in total. The molecule has 8 N–H and O–H groups in total. The Bertz CT molecular complexity index is 1060. The van der Waals surface area contributed by atoms with Crippen LogP contribution in [0.15, 0.2) is 90.1 Å². The number of carbonyl (C=O) groups excluding carboxylic acids is 1. The van der Waals surface area contributed by atoms with Crippen LogP contribution in [0.1, 0.15) is 28.2 Å². The third-order valence-corrected chi connectivity index (χ3v) is 5.15. The summed E-state index contributed by atoms with van der Waals surface area (Å²) in [4.78, 5) is 17.0. The second kappa shape index (κ2) is 12.9. The molecule has 34 heavy (non-hydrogen) atoms. The van der Waals surface area contributed by atoms with Gasteiger partial charge in [0.15, 0.2) is 0 Å². The average Bonchev–Trinajstić information content (AvgIpc) is 2.87. The number of nitrogens with two attached hydrogens (primary N) is 2. The summed E-state index contributed by atoms with van der Waals surface area (Å²) in [7, 11) is 0. The van der Waals surface area contributed by atoms with Crippen molar-refractivity contribution in [1.29, 1.82) is 0 Å². The molecule has 9 heteroatoms. The molecule has 0 saturated heterocycles. The van der Waals surface area contributed by atoms with Crippen LogP contribution in [0.3, 0.4) is 0 Å². The van der Waals surface area contributed by atoms with Gasteiger partial charge in [0.2, 0.25) is 5.96 Å². The van der Waals surface area contributed by atoms with Gasteiger partial charge >= 0.3 is 6.03 Å². The van der Waals surface area contributed by atoms with E-state index in [1.807, 2.05) is 84.9 Å². The predicted molar refractivity (Wildman–Crippen MR) is 131 cm³/mol. The molecule has 0 aliphatic heterocycles. The fourth-order valence-corrected chi connectivity index (χ4v) is 3.42. The fraction of sp³-hybridized carbons (Fsp3) is 0.200. The summed E-state index contributed by atoms with van der Waals surface area (Å²) in [5.74, 6) is -0.576. The fourth-order valence-electron chi connectivity index (χ4n) is 3.42. The molecule has 0 fully saturated rings. The van der Waals surface area contributed by atoms with Gasteiger partial charge in [0.05, 0.1) is 0 Å². The molecule has 3 aromatic carbocycles. The molecule has 3 aromatic rings. The van der Waals surface area contributed by atoms with Gasteiger partial charge in [0.25, 0.3) is 0 Å². The number of aliphatic hydroxyl groups excluding tert-OH is 1. The minimum absolute atomic E-state index is 0.271. The smallest absolute Gasteiger partial charge is 0.321 e. The van der Waals surface area contributed by atoms with Crippen molar-refractivity contribution in [1.82, 2.24) is 16.1 Å². The molecule has 178 valence electrons. The van der Waals surface area contributed by atoms with Crippen molar-refractivity contribution in [3.63, 3.8) is 0 Å². The largest absolute Gasteiger partial charge is 0.375 e. The lowest BCUT2D eigenvalue weighted by molar-refractivity contribution is -0.0665. The maximum Gasteiger partial charge on any atom is 0.321 e. The minimum Gasteiger partial charge on any atom is -0.375 e. The molecule has 0 aliphatic carbocycles. The number of hydrogen-bond acceptors (Lipinski definition) is 6. The maximum absolute atomic E-state index is 12.0. The lowest BCUT2D eigenvalue weighted by Crippen LogP contribution is -2.44. The van der Waals surface area contributed by atoms with Gasteiger partial charge in [-0.15, -0.1) is 5.48 Å². The van der Waals surface area contributed by atoms with Crippen molar-refractivity contribution in [2.75, 3.05) is 0 Å². The molecule has 0 bridgehead atoms. The van der Waals surface area contributed by atoms with E-state index in [0.29, 0.717) is 19.5 Å². The molecule has 2 unspecified atom stereocenters. The second-order valence-corrected chi connectivity index (χ2v) is 7.67. The summed E-state index contributed by atoms with van der Waals surface area (Å²) >= 11 is 0. The van der Waals surface area contributed by atoms with Crippen molar-refractivity contribution in [2.24, 2.45) is 16.6 Å². The van der Waals surface area contributed by atoms with E-state index >= 15 is 0 Å². The van der Waals surface area contributed by atoms with Gasteiger partial charge in [0.1, 0.15) is 6.23 Å². The molecular formula is C25H30N6O3. The van der Waals surface area contributed by atoms with Crippen LogP contribution in [0.4, 0.5) is 4.79 Å². The van der Waals surface area contributed by atoms with Crippen LogP contribution >= 0.6 is 0 Å². The maximum atomic E-state index is 12.0. The SMILES string of the molecule is NCc1cccc(CNC(=O)N/C(N)=N/ONC(O)C(Cc2ccccc2)c2ccccc2)c1. The third-order valence-electron chi connectivity index (χ3n) is 5.15. The Morgan fingerprint density at radius 1 is 0.941 bits per heavy atom. The zero-order chi connectivity index (χ0) is 24.2. The number of urea groups is 1. The van der Waals surface area contributed by atoms with Gasteiger partial charge in [-0.2, -0.15) is 0 Å². The number of guanidine groups is 1. The van der Waals surface area contributed by atoms with Gasteiger partial charge in [-0.3, -0.25) is 10.3 Å². The summed E-state index contributed by atoms with van der Waals surface area (Å²) in [5, 5.41) is 19.4. The van der Waals surface area contributed by atoms with Crippen LogP contribution in [0.25, 0.3) is 0 Å². The topological polar surface area (TPSA) is 147 Å². The molecule has 0 spiro atoms. The number of carbonyl (C=O) groups is 1. The molecular weight excluding hydrogens is 432 g/mol. The molecule has 0 radical (unpaired) electrons. The van der Waals surface area contributed by atoms with Crippen molar-refractivity contribution < 1.29 is 14.8 Å². The Kier molecular flexibility index (Phi) is 9.41. The highest BCUT2D eigenvalue weighted by molar-refractivity contribution is 5.94. The first-order valence-electron chi connectivity index (χ1n) is 10.9. The molecule has 0 aliphatic rings. The highest BCUT2D eigenvalue weighted by atomic mass is 16.8. The number of hydroxylamine groups is 1. The summed E-state index contributed by atoms with van der Waals surface area (Å²) in [6, 6.07) is 26.5. The van der Waals surface area contributed by atoms with E-state index in [2.05, 4.69) is 21.3 Å². The first-order valence-corrected chi connectivity index (χ1v) is 10.9. The van der Waals surface area contributed by atoms with Gasteiger partial charge in [-0.1, -0.05) is 84.9 Å². The highest BCUT2D eigenvalue weighted by Gasteiger charge is 2.22. The lowest BCUT2D eigenvalue weighted by atomic mass is 9.91. The number of hydrogen-bond donors (Lipinski definition) is 6. The monoisotopic (exact) mass is 462 g/mol. The number of benzene rings is 3. The second-order valence-electron chi connectivity index (χ2n) is 7.67. The molecule has 3 rings (SSSR count). The standard InChI is InChI=1S/C25H30N6O3/c26-16-19-10-7-11-20(14-19)17-28-25(33)29-24(27)31-34-30-23(32)22(21-12-5-2-6-13-21)15-18-8-3-1-4-9-18/h1-14,22-23,30,32H,15-17,26H2,(H4,27,28,29,31,33). The zero-order valence-corrected chi connectivity index (χ0v) is 18.7. The van der Waals surface area contributed by atoms with Crippen molar-refractivity contribution >= 4 is 12.0 Å². The van der Waals surface area contributed by atoms with Crippen LogP contribution in [0.2, 0.25) is 0 Å². The van der Waals surface area contributed by atoms with Crippen molar-refractivity contribution in [3.8, 4) is 0 Å². The van der Waals surface area contributed by atoms with E-state index in [1.165, 1.54) is 0 Å². The first-order chi connectivity index (χ1) is 16.5. The van der Waals surface area contributed by atoms with E-state index in [9.17, 15) is 9.90 Å². The third kappa shape index (κ3) is 7.89. The normalized spacial score (nSPS) is 13.1. The average molecular weight is 463 g/mol. The van der Waals surface area contributed by atoms with Crippen molar-refractivity contribution in [3.05, 3.63) is 107 Å². The molecule has 2 amide bonds. The first kappa shape index (κ1) is 24.7. The van der Waals surface area contributed by atoms with Crippen LogP contribution in [-0.2, 0) is 24.4 Å². The van der Waals surface area contributed by atoms with E-state index < -0.39 is 12.3 Å². The number of amides is 2. The number of rotatable bonds is 10. The highest BCUT2D eigenvalue weighted by Crippen LogP contribution is 2.23. The van der Waals surface area contributed by atoms with Gasteiger partial charge in [-0.25, -0.2) is 4.79 Å². The van der Waals surface area contributed by atoms with Crippen LogP contribution in [0.5, 0.6) is 0 Å². The number of oxime groups is 1. The number of aliphatic hydroxyl groups is 1. The Morgan fingerprint density at radius 3 is 2.29 bits per heavy atom.